The third kappa shape index (κ3) is 5.41. The quantitative estimate of drug-likeness (QED) is 0.423. The Morgan fingerprint density at radius 3 is 2.45 bits per heavy atom. The molecule has 1 atom stereocenters. The monoisotopic (exact) mass is 416 g/mol. The van der Waals surface area contributed by atoms with Gasteiger partial charge in [-0.3, -0.25) is 14.9 Å². The average Bonchev–Trinajstić information content (AvgIpc) is 2.59. The fourth-order valence-corrected chi connectivity index (χ4v) is 2.30. The number of aryl methyl sites for hydroxylation is 1. The highest BCUT2D eigenvalue weighted by Crippen LogP contribution is 2.33. The number of benzene rings is 2. The smallest absolute Gasteiger partial charge is 0.419 e. The molecule has 1 unspecified atom stereocenters. The van der Waals surface area contributed by atoms with E-state index in [0.29, 0.717) is 12.1 Å². The van der Waals surface area contributed by atoms with Crippen LogP contribution in [-0.2, 0) is 11.0 Å². The van der Waals surface area contributed by atoms with E-state index in [1.807, 2.05) is 0 Å². The topological polar surface area (TPSA) is 102 Å². The maximum atomic E-state index is 13.3. The molecule has 0 aliphatic carbocycles. The number of rotatable bonds is 6. The summed E-state index contributed by atoms with van der Waals surface area (Å²) < 4.78 is 56.5. The third-order valence-electron chi connectivity index (χ3n) is 3.90. The molecular weight excluding hydrogens is 400 g/mol. The Hall–Kier alpha value is -3.21. The van der Waals surface area contributed by atoms with Crippen molar-refractivity contribution >= 4 is 17.3 Å². The maximum Gasteiger partial charge on any atom is 0.419 e. The van der Waals surface area contributed by atoms with Gasteiger partial charge < -0.3 is 15.2 Å². The van der Waals surface area contributed by atoms with E-state index < -0.39 is 46.3 Å². The van der Waals surface area contributed by atoms with Gasteiger partial charge in [0.1, 0.15) is 18.2 Å². The Morgan fingerprint density at radius 2 is 1.90 bits per heavy atom. The van der Waals surface area contributed by atoms with Gasteiger partial charge in [0.25, 0.3) is 11.6 Å². The SMILES string of the molecule is Cc1cc(NC(=O)C(C)(O)COc2ccc(F)c(C(F)(F)F)c2)ccc1[N+](=O)[O-]. The predicted octanol–water partition coefficient (Wildman–Crippen LogP) is 3.83. The third-order valence-corrected chi connectivity index (χ3v) is 3.90. The van der Waals surface area contributed by atoms with Crippen molar-refractivity contribution in [2.24, 2.45) is 0 Å². The molecule has 11 heteroatoms. The van der Waals surface area contributed by atoms with Crippen LogP contribution < -0.4 is 10.1 Å². The summed E-state index contributed by atoms with van der Waals surface area (Å²) in [5, 5.41) is 23.4. The van der Waals surface area contributed by atoms with E-state index in [0.717, 1.165) is 13.0 Å². The number of amides is 1. The largest absolute Gasteiger partial charge is 0.490 e. The second-order valence-corrected chi connectivity index (χ2v) is 6.41. The fraction of sp³-hybridized carbons (Fsp3) is 0.278. The number of halogens is 4. The molecule has 0 fully saturated rings. The van der Waals surface area contributed by atoms with Crippen molar-refractivity contribution in [2.45, 2.75) is 25.6 Å². The maximum absolute atomic E-state index is 13.3. The van der Waals surface area contributed by atoms with Crippen LogP contribution in [0.2, 0.25) is 0 Å². The lowest BCUT2D eigenvalue weighted by Crippen LogP contribution is -2.45. The van der Waals surface area contributed by atoms with Crippen molar-refractivity contribution in [3.63, 3.8) is 0 Å². The minimum atomic E-state index is -4.93. The molecule has 0 spiro atoms. The Kier molecular flexibility index (Phi) is 6.12. The molecule has 0 aliphatic heterocycles. The fourth-order valence-electron chi connectivity index (χ4n) is 2.30. The van der Waals surface area contributed by atoms with Crippen molar-refractivity contribution in [3.05, 3.63) is 63.5 Å². The highest BCUT2D eigenvalue weighted by Gasteiger charge is 2.35. The van der Waals surface area contributed by atoms with Crippen molar-refractivity contribution in [3.8, 4) is 5.75 Å². The van der Waals surface area contributed by atoms with E-state index in [9.17, 15) is 37.6 Å². The summed E-state index contributed by atoms with van der Waals surface area (Å²) in [6, 6.07) is 5.67. The van der Waals surface area contributed by atoms with Gasteiger partial charge >= 0.3 is 6.18 Å². The Morgan fingerprint density at radius 1 is 1.24 bits per heavy atom. The first-order valence-electron chi connectivity index (χ1n) is 8.09. The number of nitro benzene ring substituents is 1. The molecule has 0 heterocycles. The van der Waals surface area contributed by atoms with Crippen LogP contribution in [-0.4, -0.2) is 28.1 Å². The van der Waals surface area contributed by atoms with E-state index in [1.54, 1.807) is 0 Å². The zero-order valence-electron chi connectivity index (χ0n) is 15.2. The molecule has 0 bridgehead atoms. The standard InChI is InChI=1S/C18H16F4N2O5/c1-10-7-11(3-6-15(10)24(27)28)23-16(25)17(2,26)9-29-12-4-5-14(19)13(8-12)18(20,21)22/h3-8,26H,9H2,1-2H3,(H,23,25). The van der Waals surface area contributed by atoms with E-state index in [-0.39, 0.29) is 16.9 Å². The molecule has 2 aromatic rings. The average molecular weight is 416 g/mol. The molecule has 1 amide bonds. The van der Waals surface area contributed by atoms with E-state index >= 15 is 0 Å². The summed E-state index contributed by atoms with van der Waals surface area (Å²) in [6.45, 7) is 1.80. The van der Waals surface area contributed by atoms with E-state index in [2.05, 4.69) is 5.32 Å². The molecule has 0 saturated carbocycles. The number of hydrogen-bond acceptors (Lipinski definition) is 5. The lowest BCUT2D eigenvalue weighted by Gasteiger charge is -2.23. The molecule has 156 valence electrons. The van der Waals surface area contributed by atoms with Gasteiger partial charge in [-0.2, -0.15) is 13.2 Å². The van der Waals surface area contributed by atoms with Crippen LogP contribution in [0, 0.1) is 22.9 Å². The van der Waals surface area contributed by atoms with Crippen LogP contribution in [0.3, 0.4) is 0 Å². The second-order valence-electron chi connectivity index (χ2n) is 6.41. The molecule has 7 nitrogen and oxygen atoms in total. The Balaban J connectivity index is 2.08. The molecule has 2 N–H and O–H groups in total. The van der Waals surface area contributed by atoms with Gasteiger partial charge in [-0.25, -0.2) is 4.39 Å². The van der Waals surface area contributed by atoms with Gasteiger partial charge in [-0.15, -0.1) is 0 Å². The molecule has 0 aliphatic rings. The molecule has 2 aromatic carbocycles. The number of carbonyl (C=O) groups is 1. The molecule has 0 radical (unpaired) electrons. The molecule has 0 saturated heterocycles. The van der Waals surface area contributed by atoms with Gasteiger partial charge in [0, 0.05) is 17.3 Å². The summed E-state index contributed by atoms with van der Waals surface area (Å²) in [5.41, 5.74) is -3.42. The summed E-state index contributed by atoms with van der Waals surface area (Å²) in [7, 11) is 0. The number of carbonyl (C=O) groups excluding carboxylic acids is 1. The van der Waals surface area contributed by atoms with Crippen LogP contribution >= 0.6 is 0 Å². The van der Waals surface area contributed by atoms with Crippen LogP contribution in [0.4, 0.5) is 28.9 Å². The van der Waals surface area contributed by atoms with Crippen molar-refractivity contribution < 1.29 is 37.1 Å². The summed E-state index contributed by atoms with van der Waals surface area (Å²) in [4.78, 5) is 22.5. The molecule has 0 aromatic heterocycles. The highest BCUT2D eigenvalue weighted by atomic mass is 19.4. The van der Waals surface area contributed by atoms with Crippen LogP contribution in [0.5, 0.6) is 5.75 Å². The van der Waals surface area contributed by atoms with Crippen molar-refractivity contribution in [1.82, 2.24) is 0 Å². The lowest BCUT2D eigenvalue weighted by atomic mass is 10.1. The van der Waals surface area contributed by atoms with E-state index in [4.69, 9.17) is 4.74 Å². The number of hydrogen-bond donors (Lipinski definition) is 2. The zero-order chi connectivity index (χ0) is 22.0. The van der Waals surface area contributed by atoms with Gasteiger partial charge in [0.05, 0.1) is 10.5 Å². The first-order valence-corrected chi connectivity index (χ1v) is 8.09. The number of aliphatic hydroxyl groups is 1. The van der Waals surface area contributed by atoms with E-state index in [1.165, 1.54) is 25.1 Å². The predicted molar refractivity (Wildman–Crippen MR) is 94.0 cm³/mol. The number of nitro groups is 1. The number of anilines is 1. The number of nitrogens with zero attached hydrogens (tertiary/aromatic N) is 1. The minimum Gasteiger partial charge on any atom is -0.490 e. The zero-order valence-corrected chi connectivity index (χ0v) is 15.2. The molecular formula is C18H16F4N2O5. The lowest BCUT2D eigenvalue weighted by molar-refractivity contribution is -0.385. The molecule has 2 rings (SSSR count). The van der Waals surface area contributed by atoms with Crippen LogP contribution in [0.15, 0.2) is 36.4 Å². The van der Waals surface area contributed by atoms with Gasteiger partial charge in [0.15, 0.2) is 5.60 Å². The van der Waals surface area contributed by atoms with Crippen LogP contribution in [0.25, 0.3) is 0 Å². The summed E-state index contributed by atoms with van der Waals surface area (Å²) in [5.74, 6) is -2.83. The summed E-state index contributed by atoms with van der Waals surface area (Å²) >= 11 is 0. The summed E-state index contributed by atoms with van der Waals surface area (Å²) in [6.07, 6.45) is -4.93. The van der Waals surface area contributed by atoms with Gasteiger partial charge in [0.2, 0.25) is 0 Å². The van der Waals surface area contributed by atoms with Crippen molar-refractivity contribution in [1.29, 1.82) is 0 Å². The number of ether oxygens (including phenoxy) is 1. The van der Waals surface area contributed by atoms with Gasteiger partial charge in [-0.05, 0) is 44.2 Å². The number of alkyl halides is 3. The highest BCUT2D eigenvalue weighted by molar-refractivity contribution is 5.97. The normalized spacial score (nSPS) is 13.5. The number of nitrogens with one attached hydrogen (secondary N) is 1. The van der Waals surface area contributed by atoms with Crippen molar-refractivity contribution in [2.75, 3.05) is 11.9 Å². The minimum absolute atomic E-state index is 0.158. The Labute approximate surface area is 162 Å². The Bertz CT molecular complexity index is 944. The van der Waals surface area contributed by atoms with Gasteiger partial charge in [-0.1, -0.05) is 0 Å². The second kappa shape index (κ2) is 8.03. The van der Waals surface area contributed by atoms with Crippen LogP contribution in [0.1, 0.15) is 18.1 Å². The first-order chi connectivity index (χ1) is 13.3. The first kappa shape index (κ1) is 22.1. The molecule has 29 heavy (non-hydrogen) atoms.